The van der Waals surface area contributed by atoms with Crippen molar-refractivity contribution in [2.24, 2.45) is 4.99 Å². The molecule has 12 heteroatoms. The molecule has 0 spiro atoms. The minimum atomic E-state index is -3.56. The van der Waals surface area contributed by atoms with Crippen molar-refractivity contribution >= 4 is 44.7 Å². The predicted octanol–water partition coefficient (Wildman–Crippen LogP) is -0.183. The van der Waals surface area contributed by atoms with Gasteiger partial charge in [-0.25, -0.2) is 8.42 Å². The highest BCUT2D eigenvalue weighted by atomic mass is 32.3. The molecule has 0 heterocycles. The van der Waals surface area contributed by atoms with Gasteiger partial charge in [-0.15, -0.1) is 11.8 Å². The van der Waals surface area contributed by atoms with Crippen LogP contribution in [0, 0.1) is 0 Å². The molecule has 0 aliphatic rings. The van der Waals surface area contributed by atoms with E-state index in [2.05, 4.69) is 10.3 Å². The molecule has 0 saturated heterocycles. The van der Waals surface area contributed by atoms with Crippen molar-refractivity contribution in [1.82, 2.24) is 15.1 Å². The van der Waals surface area contributed by atoms with Gasteiger partial charge in [0.1, 0.15) is 0 Å². The third-order valence-electron chi connectivity index (χ3n) is 3.81. The predicted molar refractivity (Wildman–Crippen MR) is 118 cm³/mol. The zero-order valence-corrected chi connectivity index (χ0v) is 20.2. The number of sulfone groups is 1. The molecule has 0 aliphatic heterocycles. The van der Waals surface area contributed by atoms with Crippen LogP contribution in [0.5, 0.6) is 0 Å². The van der Waals surface area contributed by atoms with E-state index in [1.165, 1.54) is 0 Å². The van der Waals surface area contributed by atoms with Gasteiger partial charge in [-0.05, 0) is 54.3 Å². The van der Waals surface area contributed by atoms with E-state index >= 15 is 0 Å². The molecule has 0 rings (SSSR count). The maximum absolute atomic E-state index is 12.9. The SMILES string of the molecule is CCNC(=NCCCN(C)C)C(CS(=O)C(SC)S(C)(=O)=O)(OC=O)N(C)C. The Balaban J connectivity index is 5.97. The van der Waals surface area contributed by atoms with Crippen molar-refractivity contribution < 1.29 is 22.2 Å². The third-order valence-corrected chi connectivity index (χ3v) is 10.5. The Labute approximate surface area is 176 Å². The molecule has 166 valence electrons. The molecule has 9 nitrogen and oxygen atoms in total. The molecule has 28 heavy (non-hydrogen) atoms. The van der Waals surface area contributed by atoms with Crippen LogP contribution in [0.25, 0.3) is 0 Å². The highest BCUT2D eigenvalue weighted by Crippen LogP contribution is 2.24. The number of nitrogens with one attached hydrogen (secondary N) is 1. The number of carbonyl (C=O) groups excluding carboxylic acids is 1. The Kier molecular flexibility index (Phi) is 12.5. The summed E-state index contributed by atoms with van der Waals surface area (Å²) >= 11 is 0.989. The summed E-state index contributed by atoms with van der Waals surface area (Å²) in [6, 6.07) is 0. The molecule has 0 aromatic heterocycles. The van der Waals surface area contributed by atoms with Crippen LogP contribution in [-0.2, 0) is 30.2 Å². The van der Waals surface area contributed by atoms with Crippen molar-refractivity contribution in [2.45, 2.75) is 23.0 Å². The quantitative estimate of drug-likeness (QED) is 0.125. The summed E-state index contributed by atoms with van der Waals surface area (Å²) in [5.41, 5.74) is -1.46. The van der Waals surface area contributed by atoms with E-state index in [4.69, 9.17) is 4.74 Å². The van der Waals surface area contributed by atoms with Crippen molar-refractivity contribution in [2.75, 3.05) is 66.1 Å². The lowest BCUT2D eigenvalue weighted by Gasteiger charge is -2.39. The molecule has 3 atom stereocenters. The lowest BCUT2D eigenvalue weighted by atomic mass is 10.2. The van der Waals surface area contributed by atoms with Crippen molar-refractivity contribution in [3.05, 3.63) is 0 Å². The van der Waals surface area contributed by atoms with Gasteiger partial charge in [-0.3, -0.25) is 18.9 Å². The fourth-order valence-corrected chi connectivity index (χ4v) is 7.69. The highest BCUT2D eigenvalue weighted by Gasteiger charge is 2.45. The molecule has 1 N–H and O–H groups in total. The second kappa shape index (κ2) is 12.8. The fourth-order valence-electron chi connectivity index (χ4n) is 2.48. The van der Waals surface area contributed by atoms with Crippen molar-refractivity contribution in [3.8, 4) is 0 Å². The second-order valence-electron chi connectivity index (χ2n) is 6.69. The van der Waals surface area contributed by atoms with Gasteiger partial charge < -0.3 is 15.0 Å². The number of ether oxygens (including phenoxy) is 1. The van der Waals surface area contributed by atoms with E-state index in [1.807, 2.05) is 25.9 Å². The zero-order valence-electron chi connectivity index (χ0n) is 17.8. The zero-order chi connectivity index (χ0) is 22.0. The van der Waals surface area contributed by atoms with Gasteiger partial charge in [0.2, 0.25) is 5.72 Å². The van der Waals surface area contributed by atoms with Crippen LogP contribution in [-0.4, -0.2) is 110 Å². The Morgan fingerprint density at radius 1 is 1.36 bits per heavy atom. The molecule has 0 saturated carbocycles. The summed E-state index contributed by atoms with van der Waals surface area (Å²) in [4.78, 5) is 19.5. The van der Waals surface area contributed by atoms with E-state index in [9.17, 15) is 17.4 Å². The largest absolute Gasteiger partial charge is 0.437 e. The third kappa shape index (κ3) is 8.36. The number of amidine groups is 1. The fraction of sp³-hybridized carbons (Fsp3) is 0.875. The lowest BCUT2D eigenvalue weighted by molar-refractivity contribution is -0.146. The monoisotopic (exact) mass is 458 g/mol. The minimum Gasteiger partial charge on any atom is -0.437 e. The van der Waals surface area contributed by atoms with Crippen LogP contribution in [0.2, 0.25) is 0 Å². The normalized spacial score (nSPS) is 17.2. The summed E-state index contributed by atoms with van der Waals surface area (Å²) in [5, 5.41) is 3.10. The van der Waals surface area contributed by atoms with E-state index in [0.29, 0.717) is 18.9 Å². The molecule has 0 amide bonds. The molecular formula is C16H34N4O5S3. The maximum Gasteiger partial charge on any atom is 0.295 e. The summed E-state index contributed by atoms with van der Waals surface area (Å²) in [6.07, 6.45) is 3.42. The number of rotatable bonds is 14. The Hall–Kier alpha value is -0.690. The second-order valence-corrected chi connectivity index (χ2v) is 12.2. The molecule has 3 unspecified atom stereocenters. The lowest BCUT2D eigenvalue weighted by Crippen LogP contribution is -2.62. The van der Waals surface area contributed by atoms with Crippen molar-refractivity contribution in [3.63, 3.8) is 0 Å². The minimum absolute atomic E-state index is 0.225. The van der Waals surface area contributed by atoms with Crippen molar-refractivity contribution in [1.29, 1.82) is 0 Å². The molecular weight excluding hydrogens is 424 g/mol. The Morgan fingerprint density at radius 2 is 1.96 bits per heavy atom. The summed E-state index contributed by atoms with van der Waals surface area (Å²) in [6.45, 7) is 3.96. The molecule has 0 aromatic carbocycles. The topological polar surface area (TPSA) is 108 Å². The number of carbonyl (C=O) groups is 1. The average Bonchev–Trinajstić information content (AvgIpc) is 2.56. The molecule has 0 fully saturated rings. The molecule has 0 aliphatic carbocycles. The van der Waals surface area contributed by atoms with E-state index in [1.54, 1.807) is 25.3 Å². The van der Waals surface area contributed by atoms with Gasteiger partial charge in [-0.1, -0.05) is 0 Å². The first-order valence-electron chi connectivity index (χ1n) is 8.77. The van der Waals surface area contributed by atoms with Gasteiger partial charge in [-0.2, -0.15) is 0 Å². The summed E-state index contributed by atoms with van der Waals surface area (Å²) in [5.74, 6) is 0.129. The van der Waals surface area contributed by atoms with E-state index < -0.39 is 30.3 Å². The highest BCUT2D eigenvalue weighted by molar-refractivity contribution is 8.25. The number of thioether (sulfide) groups is 1. The first-order chi connectivity index (χ1) is 13.0. The standard InChI is InChI=1S/C16H34N4O5S3/c1-8-17-14(18-10-9-11-19(2)3)16(20(4)5,25-13-21)12-27(22)15(26-6)28(7,23)24/h13,15H,8-12H2,1-7H3,(H,17,18). The van der Waals surface area contributed by atoms with Crippen LogP contribution in [0.4, 0.5) is 0 Å². The molecule has 0 bridgehead atoms. The number of aliphatic imine (C=N–C) groups is 1. The summed E-state index contributed by atoms with van der Waals surface area (Å²) < 4.78 is 41.2. The number of hydrogen-bond acceptors (Lipinski definition) is 9. The van der Waals surface area contributed by atoms with Crippen LogP contribution < -0.4 is 5.32 Å². The Bertz CT molecular complexity index is 640. The summed E-state index contributed by atoms with van der Waals surface area (Å²) in [7, 11) is 1.87. The number of nitrogens with zero attached hydrogens (tertiary/aromatic N) is 3. The van der Waals surface area contributed by atoms with Gasteiger partial charge in [0.15, 0.2) is 19.6 Å². The van der Waals surface area contributed by atoms with E-state index in [-0.39, 0.29) is 12.2 Å². The van der Waals surface area contributed by atoms with Gasteiger partial charge in [0, 0.05) is 19.3 Å². The molecule has 0 radical (unpaired) electrons. The molecule has 0 aromatic rings. The van der Waals surface area contributed by atoms with Crippen LogP contribution in [0.15, 0.2) is 4.99 Å². The van der Waals surface area contributed by atoms with Gasteiger partial charge in [0.25, 0.3) is 6.47 Å². The number of hydrogen-bond donors (Lipinski definition) is 1. The van der Waals surface area contributed by atoms with Crippen LogP contribution in [0.1, 0.15) is 13.3 Å². The van der Waals surface area contributed by atoms with Gasteiger partial charge in [0.05, 0.1) is 16.6 Å². The Morgan fingerprint density at radius 3 is 2.36 bits per heavy atom. The van der Waals surface area contributed by atoms with E-state index in [0.717, 1.165) is 31.0 Å². The van der Waals surface area contributed by atoms with Crippen LogP contribution >= 0.6 is 11.8 Å². The average molecular weight is 459 g/mol. The first kappa shape index (κ1) is 27.3. The van der Waals surface area contributed by atoms with Crippen LogP contribution in [0.3, 0.4) is 0 Å². The number of likely N-dealkylation sites (N-methyl/N-ethyl adjacent to an activating group) is 2. The first-order valence-corrected chi connectivity index (χ1v) is 13.4. The maximum atomic E-state index is 12.9. The van der Waals surface area contributed by atoms with Gasteiger partial charge >= 0.3 is 0 Å². The smallest absolute Gasteiger partial charge is 0.295 e.